The van der Waals surface area contributed by atoms with Gasteiger partial charge in [-0.2, -0.15) is 0 Å². The maximum Gasteiger partial charge on any atom is 0.318 e. The van der Waals surface area contributed by atoms with E-state index in [2.05, 4.69) is 21.2 Å². The first-order valence-electron chi connectivity index (χ1n) is 6.23. The zero-order valence-corrected chi connectivity index (χ0v) is 13.0. The summed E-state index contributed by atoms with van der Waals surface area (Å²) in [4.78, 5) is 13.8. The number of rotatable bonds is 4. The highest BCUT2D eigenvalue weighted by molar-refractivity contribution is 9.10. The van der Waals surface area contributed by atoms with E-state index in [9.17, 15) is 4.79 Å². The molecule has 0 saturated heterocycles. The fourth-order valence-electron chi connectivity index (χ4n) is 1.80. The lowest BCUT2D eigenvalue weighted by atomic mass is 9.94. The van der Waals surface area contributed by atoms with Crippen LogP contribution in [0.25, 0.3) is 0 Å². The van der Waals surface area contributed by atoms with E-state index < -0.39 is 0 Å². The normalized spacial score (nSPS) is 11.2. The molecule has 0 aliphatic rings. The summed E-state index contributed by atoms with van der Waals surface area (Å²) >= 11 is 3.41. The Morgan fingerprint density at radius 2 is 1.72 bits per heavy atom. The molecule has 100 valence electrons. The highest BCUT2D eigenvalue weighted by Gasteiger charge is 2.24. The molecule has 0 fully saturated rings. The van der Waals surface area contributed by atoms with Crippen molar-refractivity contribution in [2.75, 3.05) is 13.1 Å². The number of hydrogen-bond acceptors (Lipinski definition) is 1. The summed E-state index contributed by atoms with van der Waals surface area (Å²) in [5.41, 5.74) is 0.714. The van der Waals surface area contributed by atoms with Crippen LogP contribution >= 0.6 is 15.9 Å². The summed E-state index contributed by atoms with van der Waals surface area (Å²) in [5.74, 6) is 0. The molecular formula is C14H21BrN2O. The van der Waals surface area contributed by atoms with Crippen LogP contribution < -0.4 is 5.32 Å². The fourth-order valence-corrected chi connectivity index (χ4v) is 2.06. The molecule has 18 heavy (non-hydrogen) atoms. The Kier molecular flexibility index (Phi) is 5.20. The molecule has 0 aliphatic carbocycles. The summed E-state index contributed by atoms with van der Waals surface area (Å²) in [6, 6.07) is 7.99. The van der Waals surface area contributed by atoms with Crippen LogP contribution in [0.1, 0.15) is 33.3 Å². The molecular weight excluding hydrogens is 292 g/mol. The summed E-state index contributed by atoms with van der Waals surface area (Å²) in [5, 5.41) is 3.07. The van der Waals surface area contributed by atoms with Crippen molar-refractivity contribution in [2.24, 2.45) is 0 Å². The Morgan fingerprint density at radius 1 is 1.22 bits per heavy atom. The van der Waals surface area contributed by atoms with E-state index in [0.29, 0.717) is 0 Å². The molecule has 3 nitrogen and oxygen atoms in total. The van der Waals surface area contributed by atoms with Gasteiger partial charge in [0.25, 0.3) is 0 Å². The van der Waals surface area contributed by atoms with Crippen molar-refractivity contribution in [1.82, 2.24) is 10.2 Å². The molecule has 0 atom stereocenters. The van der Waals surface area contributed by atoms with E-state index >= 15 is 0 Å². The van der Waals surface area contributed by atoms with Crippen LogP contribution in [0.2, 0.25) is 0 Å². The van der Waals surface area contributed by atoms with Gasteiger partial charge in [0.05, 0.1) is 5.54 Å². The predicted octanol–water partition coefficient (Wildman–Crippen LogP) is 3.74. The number of nitrogens with one attached hydrogen (secondary N) is 1. The fraction of sp³-hybridized carbons (Fsp3) is 0.500. The highest BCUT2D eigenvalue weighted by Crippen LogP contribution is 2.22. The van der Waals surface area contributed by atoms with Gasteiger partial charge in [-0.1, -0.05) is 28.1 Å². The minimum absolute atomic E-state index is 0.0204. The maximum atomic E-state index is 12.1. The van der Waals surface area contributed by atoms with E-state index in [0.717, 1.165) is 23.1 Å². The van der Waals surface area contributed by atoms with Crippen LogP contribution in [-0.4, -0.2) is 24.0 Å². The van der Waals surface area contributed by atoms with Gasteiger partial charge < -0.3 is 10.2 Å². The molecule has 2 amide bonds. The third-order valence-electron chi connectivity index (χ3n) is 3.04. The Hall–Kier alpha value is -1.03. The van der Waals surface area contributed by atoms with Crippen molar-refractivity contribution < 1.29 is 4.79 Å². The van der Waals surface area contributed by atoms with E-state index in [1.807, 2.05) is 52.0 Å². The highest BCUT2D eigenvalue weighted by atomic mass is 79.9. The van der Waals surface area contributed by atoms with Gasteiger partial charge in [-0.05, 0) is 45.4 Å². The van der Waals surface area contributed by atoms with Crippen LogP contribution in [0.5, 0.6) is 0 Å². The molecule has 0 saturated carbocycles. The minimum atomic E-state index is -0.375. The molecule has 0 spiro atoms. The Labute approximate surface area is 118 Å². The molecule has 0 aromatic heterocycles. The zero-order valence-electron chi connectivity index (χ0n) is 11.5. The lowest BCUT2D eigenvalue weighted by Gasteiger charge is -2.30. The molecule has 4 heteroatoms. The zero-order chi connectivity index (χ0) is 13.8. The van der Waals surface area contributed by atoms with Gasteiger partial charge in [-0.3, -0.25) is 0 Å². The predicted molar refractivity (Wildman–Crippen MR) is 78.6 cm³/mol. The van der Waals surface area contributed by atoms with Crippen molar-refractivity contribution >= 4 is 22.0 Å². The molecule has 0 radical (unpaired) electrons. The van der Waals surface area contributed by atoms with Gasteiger partial charge in [-0.25, -0.2) is 4.79 Å². The van der Waals surface area contributed by atoms with E-state index in [-0.39, 0.29) is 11.6 Å². The van der Waals surface area contributed by atoms with Gasteiger partial charge in [0.1, 0.15) is 0 Å². The second-order valence-corrected chi connectivity index (χ2v) is 5.65. The van der Waals surface area contributed by atoms with E-state index in [1.165, 1.54) is 0 Å². The van der Waals surface area contributed by atoms with Gasteiger partial charge >= 0.3 is 6.03 Å². The van der Waals surface area contributed by atoms with Crippen molar-refractivity contribution in [3.05, 3.63) is 34.3 Å². The smallest absolute Gasteiger partial charge is 0.318 e. The number of carbonyl (C=O) groups is 1. The average molecular weight is 313 g/mol. The standard InChI is InChI=1S/C14H21BrN2O/c1-5-17(6-2)13(18)16-14(3,4)11-7-9-12(15)10-8-11/h7-10H,5-6H2,1-4H3,(H,16,18). The van der Waals surface area contributed by atoms with Crippen molar-refractivity contribution in [1.29, 1.82) is 0 Å². The molecule has 1 N–H and O–H groups in total. The molecule has 0 unspecified atom stereocenters. The lowest BCUT2D eigenvalue weighted by Crippen LogP contribution is -2.48. The Morgan fingerprint density at radius 3 is 2.17 bits per heavy atom. The maximum absolute atomic E-state index is 12.1. The Bertz CT molecular complexity index is 397. The molecule has 0 heterocycles. The quantitative estimate of drug-likeness (QED) is 0.902. The number of benzene rings is 1. The van der Waals surface area contributed by atoms with Crippen LogP contribution in [0.4, 0.5) is 4.79 Å². The second kappa shape index (κ2) is 6.23. The summed E-state index contributed by atoms with van der Waals surface area (Å²) in [6.07, 6.45) is 0. The number of urea groups is 1. The lowest BCUT2D eigenvalue weighted by molar-refractivity contribution is 0.192. The van der Waals surface area contributed by atoms with Gasteiger partial charge in [0, 0.05) is 17.6 Å². The number of amides is 2. The monoisotopic (exact) mass is 312 g/mol. The van der Waals surface area contributed by atoms with Crippen LogP contribution in [0.3, 0.4) is 0 Å². The molecule has 0 bridgehead atoms. The van der Waals surface area contributed by atoms with Crippen molar-refractivity contribution in [3.8, 4) is 0 Å². The van der Waals surface area contributed by atoms with Crippen LogP contribution in [0, 0.1) is 0 Å². The van der Waals surface area contributed by atoms with E-state index in [1.54, 1.807) is 4.90 Å². The molecule has 1 aromatic carbocycles. The SMILES string of the molecule is CCN(CC)C(=O)NC(C)(C)c1ccc(Br)cc1. The second-order valence-electron chi connectivity index (χ2n) is 4.73. The molecule has 1 aromatic rings. The third-order valence-corrected chi connectivity index (χ3v) is 3.56. The summed E-state index contributed by atoms with van der Waals surface area (Å²) < 4.78 is 1.04. The first kappa shape index (κ1) is 15.0. The first-order chi connectivity index (χ1) is 8.40. The number of hydrogen-bond donors (Lipinski definition) is 1. The summed E-state index contributed by atoms with van der Waals surface area (Å²) in [6.45, 7) is 9.43. The van der Waals surface area contributed by atoms with Gasteiger partial charge in [-0.15, -0.1) is 0 Å². The number of halogens is 1. The largest absolute Gasteiger partial charge is 0.329 e. The summed E-state index contributed by atoms with van der Waals surface area (Å²) in [7, 11) is 0. The number of carbonyl (C=O) groups excluding carboxylic acids is 1. The van der Waals surface area contributed by atoms with Gasteiger partial charge in [0.2, 0.25) is 0 Å². The molecule has 1 rings (SSSR count). The number of nitrogens with zero attached hydrogens (tertiary/aromatic N) is 1. The van der Waals surface area contributed by atoms with Crippen LogP contribution in [-0.2, 0) is 5.54 Å². The first-order valence-corrected chi connectivity index (χ1v) is 7.03. The van der Waals surface area contributed by atoms with Crippen molar-refractivity contribution in [3.63, 3.8) is 0 Å². The topological polar surface area (TPSA) is 32.3 Å². The molecule has 0 aliphatic heterocycles. The third kappa shape index (κ3) is 3.73. The minimum Gasteiger partial charge on any atom is -0.329 e. The average Bonchev–Trinajstić information content (AvgIpc) is 2.30. The van der Waals surface area contributed by atoms with Gasteiger partial charge in [0.15, 0.2) is 0 Å². The van der Waals surface area contributed by atoms with Crippen LogP contribution in [0.15, 0.2) is 28.7 Å². The van der Waals surface area contributed by atoms with E-state index in [4.69, 9.17) is 0 Å². The van der Waals surface area contributed by atoms with Crippen molar-refractivity contribution in [2.45, 2.75) is 33.2 Å². The Balaban J connectivity index is 2.81.